The van der Waals surface area contributed by atoms with Crippen LogP contribution in [0.2, 0.25) is 0 Å². The van der Waals surface area contributed by atoms with Crippen LogP contribution in [0.25, 0.3) is 0 Å². The summed E-state index contributed by atoms with van der Waals surface area (Å²) in [4.78, 5) is 70.9. The van der Waals surface area contributed by atoms with Crippen molar-refractivity contribution in [3.63, 3.8) is 0 Å². The summed E-state index contributed by atoms with van der Waals surface area (Å²) < 4.78 is 0. The van der Waals surface area contributed by atoms with Gasteiger partial charge < -0.3 is 20.4 Å². The molecule has 0 radical (unpaired) electrons. The summed E-state index contributed by atoms with van der Waals surface area (Å²) >= 11 is 0. The highest BCUT2D eigenvalue weighted by Gasteiger charge is 2.33. The number of imide groups is 1. The van der Waals surface area contributed by atoms with Gasteiger partial charge in [0.2, 0.25) is 11.8 Å². The lowest BCUT2D eigenvalue weighted by Crippen LogP contribution is -2.49. The molecule has 0 spiro atoms. The van der Waals surface area contributed by atoms with Gasteiger partial charge in [-0.3, -0.25) is 29.0 Å². The first kappa shape index (κ1) is 29.0. The molecule has 0 saturated carbocycles. The summed E-state index contributed by atoms with van der Waals surface area (Å²) in [5.41, 5.74) is 0. The van der Waals surface area contributed by atoms with E-state index in [1.165, 1.54) is 6.42 Å². The largest absolute Gasteiger partial charge is 0.355 e. The molecule has 208 valence electrons. The maximum atomic E-state index is 12.3. The van der Waals surface area contributed by atoms with Crippen LogP contribution in [0.5, 0.6) is 0 Å². The summed E-state index contributed by atoms with van der Waals surface area (Å²) in [6.07, 6.45) is 3.99. The fraction of sp³-hybridized carbons (Fsp3) is 0.800. The minimum absolute atomic E-state index is 0.0300. The zero-order valence-electron chi connectivity index (χ0n) is 22.2. The lowest BCUT2D eigenvalue weighted by Gasteiger charge is -2.38. The van der Waals surface area contributed by atoms with Gasteiger partial charge in [0.15, 0.2) is 0 Å². The second-order valence-corrected chi connectivity index (χ2v) is 10.2. The summed E-state index contributed by atoms with van der Waals surface area (Å²) in [5.74, 6) is -1.63. The van der Waals surface area contributed by atoms with Crippen LogP contribution in [0.15, 0.2) is 0 Å². The Kier molecular flexibility index (Phi) is 11.3. The third kappa shape index (κ3) is 9.35. The highest BCUT2D eigenvalue weighted by molar-refractivity contribution is 6.01. The van der Waals surface area contributed by atoms with E-state index in [9.17, 15) is 24.0 Å². The van der Waals surface area contributed by atoms with E-state index in [-0.39, 0.29) is 37.5 Å². The van der Waals surface area contributed by atoms with Crippen LogP contribution in [0, 0.1) is 0 Å². The highest BCUT2D eigenvalue weighted by atomic mass is 16.7. The molecule has 0 aromatic heterocycles. The predicted molar refractivity (Wildman–Crippen MR) is 135 cm³/mol. The normalized spacial score (nSPS) is 23.8. The first-order valence-electron chi connectivity index (χ1n) is 13.5. The van der Waals surface area contributed by atoms with Gasteiger partial charge in [-0.2, -0.15) is 0 Å². The average Bonchev–Trinajstić information content (AvgIpc) is 3.18. The molecule has 3 rings (SSSR count). The van der Waals surface area contributed by atoms with Crippen molar-refractivity contribution in [1.29, 1.82) is 0 Å². The summed E-state index contributed by atoms with van der Waals surface area (Å²) in [6, 6.07) is 0.824. The molecule has 2 atom stereocenters. The van der Waals surface area contributed by atoms with Crippen molar-refractivity contribution in [3.8, 4) is 0 Å². The van der Waals surface area contributed by atoms with E-state index < -0.39 is 17.8 Å². The Bertz CT molecular complexity index is 804. The van der Waals surface area contributed by atoms with Gasteiger partial charge in [0.25, 0.3) is 11.8 Å². The molecule has 0 bridgehead atoms. The number of hydroxylamine groups is 2. The van der Waals surface area contributed by atoms with Gasteiger partial charge in [-0.1, -0.05) is 6.42 Å². The number of piperidine rings is 1. The highest BCUT2D eigenvalue weighted by Crippen LogP contribution is 2.21. The van der Waals surface area contributed by atoms with E-state index >= 15 is 0 Å². The van der Waals surface area contributed by atoms with E-state index in [0.717, 1.165) is 45.6 Å². The summed E-state index contributed by atoms with van der Waals surface area (Å²) in [7, 11) is 0. The second kappa shape index (κ2) is 14.4. The van der Waals surface area contributed by atoms with Crippen molar-refractivity contribution in [3.05, 3.63) is 0 Å². The van der Waals surface area contributed by atoms with Gasteiger partial charge in [-0.15, -0.1) is 5.06 Å². The number of nitrogens with zero attached hydrogens (tertiary/aromatic N) is 4. The lowest BCUT2D eigenvalue weighted by atomic mass is 9.97. The number of rotatable bonds is 12. The standard InChI is InChI=1S/C25H42N6O6/c1-19-4-3-5-20(2)30(19)18-22(33)26-10-8-21(32)27-11-13-29-16-14-28(15-17-29)12-9-25(36)37-31-23(34)6-7-24(31)35/h19-20H,3-18H2,1-2H3,(H,26,33)(H,27,32)/i8+1,10+1,21+1. The molecule has 3 aliphatic heterocycles. The second-order valence-electron chi connectivity index (χ2n) is 10.2. The Morgan fingerprint density at radius 1 is 0.811 bits per heavy atom. The maximum absolute atomic E-state index is 12.3. The molecule has 3 fully saturated rings. The van der Waals surface area contributed by atoms with E-state index in [1.807, 2.05) is 0 Å². The Morgan fingerprint density at radius 3 is 2.00 bits per heavy atom. The SMILES string of the molecule is CC1CCCC(C)N1CC(=O)N[13CH2][13CH2][13C](=O)NCCN1CCN(CCC(=O)ON2C(=O)CCC2=O)CC1. The molecule has 0 aliphatic carbocycles. The molecule has 2 unspecified atom stereocenters. The average molecular weight is 526 g/mol. The zero-order chi connectivity index (χ0) is 26.8. The van der Waals surface area contributed by atoms with Gasteiger partial charge in [0.1, 0.15) is 0 Å². The fourth-order valence-corrected chi connectivity index (χ4v) is 5.06. The van der Waals surface area contributed by atoms with Crippen LogP contribution in [-0.2, 0) is 28.8 Å². The molecule has 12 nitrogen and oxygen atoms in total. The zero-order valence-corrected chi connectivity index (χ0v) is 22.2. The maximum Gasteiger partial charge on any atom is 0.334 e. The van der Waals surface area contributed by atoms with Crippen LogP contribution < -0.4 is 10.6 Å². The van der Waals surface area contributed by atoms with Crippen LogP contribution in [-0.4, -0.2) is 120 Å². The van der Waals surface area contributed by atoms with Crippen molar-refractivity contribution in [2.45, 2.75) is 70.9 Å². The van der Waals surface area contributed by atoms with Crippen molar-refractivity contribution in [1.82, 2.24) is 30.4 Å². The summed E-state index contributed by atoms with van der Waals surface area (Å²) in [5, 5.41) is 6.36. The molecule has 4 amide bonds. The molecule has 3 aliphatic rings. The summed E-state index contributed by atoms with van der Waals surface area (Å²) in [6.45, 7) is 10.0. The van der Waals surface area contributed by atoms with Crippen molar-refractivity contribution >= 4 is 29.6 Å². The van der Waals surface area contributed by atoms with Gasteiger partial charge >= 0.3 is 5.97 Å². The molecule has 3 saturated heterocycles. The lowest BCUT2D eigenvalue weighted by molar-refractivity contribution is -0.197. The Morgan fingerprint density at radius 2 is 1.38 bits per heavy atom. The number of piperazine rings is 1. The first-order valence-corrected chi connectivity index (χ1v) is 13.5. The number of carbonyl (C=O) groups is 5. The molecular weight excluding hydrogens is 483 g/mol. The predicted octanol–water partition coefficient (Wildman–Crippen LogP) is -0.513. The van der Waals surface area contributed by atoms with Gasteiger partial charge in [0.05, 0.1) is 13.0 Å². The Balaban J connectivity index is 1.19. The topological polar surface area (TPSA) is 132 Å². The number of nitrogens with one attached hydrogen (secondary N) is 2. The van der Waals surface area contributed by atoms with E-state index in [2.05, 4.69) is 39.2 Å². The van der Waals surface area contributed by atoms with Crippen LogP contribution in [0.1, 0.15) is 58.8 Å². The molecule has 2 N–H and O–H groups in total. The van der Waals surface area contributed by atoms with Crippen LogP contribution >= 0.6 is 0 Å². The Hall–Kier alpha value is -2.57. The van der Waals surface area contributed by atoms with Crippen LogP contribution in [0.3, 0.4) is 0 Å². The third-order valence-corrected chi connectivity index (χ3v) is 7.42. The van der Waals surface area contributed by atoms with Gasteiger partial charge in [-0.05, 0) is 26.7 Å². The van der Waals surface area contributed by atoms with E-state index in [1.54, 1.807) is 0 Å². The monoisotopic (exact) mass is 525 g/mol. The van der Waals surface area contributed by atoms with Crippen molar-refractivity contribution in [2.24, 2.45) is 0 Å². The minimum atomic E-state index is -0.583. The number of likely N-dealkylation sites (tertiary alicyclic amines) is 1. The fourth-order valence-electron chi connectivity index (χ4n) is 5.06. The van der Waals surface area contributed by atoms with Crippen molar-refractivity contribution in [2.75, 3.05) is 58.9 Å². The van der Waals surface area contributed by atoms with Crippen molar-refractivity contribution < 1.29 is 28.8 Å². The molecule has 37 heavy (non-hydrogen) atoms. The first-order chi connectivity index (χ1) is 17.7. The minimum Gasteiger partial charge on any atom is -0.355 e. The van der Waals surface area contributed by atoms with Gasteiger partial charge in [0, 0.05) is 83.7 Å². The molecular formula is C25H42N6O6. The van der Waals surface area contributed by atoms with E-state index in [4.69, 9.17) is 4.84 Å². The Labute approximate surface area is 218 Å². The molecule has 12 heteroatoms. The smallest absolute Gasteiger partial charge is 0.334 e. The number of hydrogen-bond acceptors (Lipinski definition) is 9. The van der Waals surface area contributed by atoms with E-state index in [0.29, 0.717) is 43.3 Å². The number of carbonyl (C=O) groups excluding carboxylic acids is 5. The quantitative estimate of drug-likeness (QED) is 0.255. The number of hydrogen-bond donors (Lipinski definition) is 2. The molecule has 0 aromatic rings. The van der Waals surface area contributed by atoms with Crippen LogP contribution in [0.4, 0.5) is 0 Å². The molecule has 3 heterocycles. The molecule has 0 aromatic carbocycles. The third-order valence-electron chi connectivity index (χ3n) is 7.42. The van der Waals surface area contributed by atoms with Gasteiger partial charge in [-0.25, -0.2) is 4.79 Å². The number of amides is 4.